The highest BCUT2D eigenvalue weighted by molar-refractivity contribution is 5.93. The molecular weight excluding hydrogens is 192 g/mol. The number of likely N-dealkylation sites (tertiary alicyclic amines) is 1. The molecule has 4 heteroatoms. The Morgan fingerprint density at radius 2 is 2.00 bits per heavy atom. The summed E-state index contributed by atoms with van der Waals surface area (Å²) >= 11 is 0. The van der Waals surface area contributed by atoms with E-state index in [9.17, 15) is 9.59 Å². The van der Waals surface area contributed by atoms with E-state index >= 15 is 0 Å². The van der Waals surface area contributed by atoms with Crippen LogP contribution in [0, 0.1) is 0 Å². The summed E-state index contributed by atoms with van der Waals surface area (Å²) in [6.45, 7) is 7.90. The first-order valence-corrected chi connectivity index (χ1v) is 5.20. The fourth-order valence-electron chi connectivity index (χ4n) is 1.60. The van der Waals surface area contributed by atoms with Gasteiger partial charge in [0.25, 0.3) is 5.91 Å². The smallest absolute Gasteiger partial charge is 0.293 e. The maximum Gasteiger partial charge on any atom is 0.293 e. The van der Waals surface area contributed by atoms with E-state index in [0.29, 0.717) is 6.54 Å². The quantitative estimate of drug-likeness (QED) is 0.382. The second kappa shape index (κ2) is 4.13. The first-order chi connectivity index (χ1) is 6.86. The fraction of sp³-hybridized carbons (Fsp3) is 0.727. The third-order valence-corrected chi connectivity index (χ3v) is 3.17. The van der Waals surface area contributed by atoms with Crippen molar-refractivity contribution in [1.29, 1.82) is 0 Å². The number of hydrogen-bond acceptors (Lipinski definition) is 2. The van der Waals surface area contributed by atoms with Gasteiger partial charge in [-0.25, -0.2) is 4.58 Å². The van der Waals surface area contributed by atoms with Crippen molar-refractivity contribution in [2.24, 2.45) is 0 Å². The van der Waals surface area contributed by atoms with E-state index in [2.05, 4.69) is 0 Å². The summed E-state index contributed by atoms with van der Waals surface area (Å²) in [5.41, 5.74) is 1.11. The van der Waals surface area contributed by atoms with Gasteiger partial charge in [-0.3, -0.25) is 9.59 Å². The number of hydrogen-bond donors (Lipinski definition) is 0. The average Bonchev–Trinajstić information content (AvgIpc) is 2.14. The molecule has 0 N–H and O–H groups in total. The average molecular weight is 211 g/mol. The normalized spacial score (nSPS) is 22.1. The highest BCUT2D eigenvalue weighted by Gasteiger charge is 2.46. The van der Waals surface area contributed by atoms with E-state index in [4.69, 9.17) is 0 Å². The lowest BCUT2D eigenvalue weighted by molar-refractivity contribution is -0.536. The van der Waals surface area contributed by atoms with Gasteiger partial charge in [-0.1, -0.05) is 0 Å². The van der Waals surface area contributed by atoms with Crippen LogP contribution in [-0.4, -0.2) is 52.6 Å². The Bertz CT molecular complexity index is 329. The molecule has 0 aromatic carbocycles. The molecule has 1 aliphatic rings. The zero-order valence-electron chi connectivity index (χ0n) is 10.1. The van der Waals surface area contributed by atoms with Crippen molar-refractivity contribution in [2.75, 3.05) is 13.6 Å². The lowest BCUT2D eigenvalue weighted by Crippen LogP contribution is -2.64. The summed E-state index contributed by atoms with van der Waals surface area (Å²) in [4.78, 5) is 24.5. The van der Waals surface area contributed by atoms with Crippen LogP contribution in [0.5, 0.6) is 0 Å². The van der Waals surface area contributed by atoms with Gasteiger partial charge in [0.2, 0.25) is 6.04 Å². The summed E-state index contributed by atoms with van der Waals surface area (Å²) in [6.07, 6.45) is 0. The number of amides is 1. The van der Waals surface area contributed by atoms with Crippen molar-refractivity contribution in [3.63, 3.8) is 0 Å². The molecule has 1 heterocycles. The number of likely N-dealkylation sites (N-methyl/N-ethyl adjacent to an activating group) is 1. The zero-order chi connectivity index (χ0) is 11.7. The summed E-state index contributed by atoms with van der Waals surface area (Å²) < 4.78 is 1.96. The minimum Gasteiger partial charge on any atom is -0.320 e. The molecule has 0 aromatic rings. The predicted octanol–water partition coefficient (Wildman–Crippen LogP) is 0.298. The van der Waals surface area contributed by atoms with Crippen molar-refractivity contribution in [2.45, 2.75) is 39.8 Å². The third kappa shape index (κ3) is 2.08. The number of rotatable bonds is 3. The van der Waals surface area contributed by atoms with Crippen molar-refractivity contribution in [3.8, 4) is 0 Å². The van der Waals surface area contributed by atoms with Crippen LogP contribution in [0.25, 0.3) is 0 Å². The van der Waals surface area contributed by atoms with E-state index in [1.54, 1.807) is 11.8 Å². The lowest BCUT2D eigenvalue weighted by atomic mass is 10.0. The summed E-state index contributed by atoms with van der Waals surface area (Å²) in [5.74, 6) is 0.100. The molecule has 2 atom stereocenters. The minimum absolute atomic E-state index is 0.0432. The van der Waals surface area contributed by atoms with E-state index in [1.807, 2.05) is 25.5 Å². The molecule has 1 aliphatic heterocycles. The number of ketones is 1. The van der Waals surface area contributed by atoms with Crippen LogP contribution < -0.4 is 0 Å². The maximum absolute atomic E-state index is 11.8. The molecular formula is C11H19N2O2+. The first kappa shape index (κ1) is 11.9. The maximum atomic E-state index is 11.8. The Morgan fingerprint density at radius 3 is 2.33 bits per heavy atom. The van der Waals surface area contributed by atoms with E-state index in [0.717, 1.165) is 5.71 Å². The van der Waals surface area contributed by atoms with Gasteiger partial charge in [0, 0.05) is 13.8 Å². The molecule has 1 saturated heterocycles. The van der Waals surface area contributed by atoms with Gasteiger partial charge in [-0.05, 0) is 13.8 Å². The minimum atomic E-state index is -0.278. The highest BCUT2D eigenvalue weighted by atomic mass is 16.2. The van der Waals surface area contributed by atoms with Gasteiger partial charge in [-0.15, -0.1) is 0 Å². The molecule has 1 amide bonds. The SMILES string of the molecule is CC(=O)C(C)N1CC([N+](C)=C(C)C)C1=O. The van der Waals surface area contributed by atoms with Gasteiger partial charge in [0.15, 0.2) is 5.78 Å². The summed E-state index contributed by atoms with van der Waals surface area (Å²) in [6, 6.07) is -0.351. The number of β-lactam (4-membered cyclic amide) rings is 1. The second-order valence-corrected chi connectivity index (χ2v) is 4.35. The Hall–Kier alpha value is -1.19. The molecule has 0 radical (unpaired) electrons. The molecule has 0 saturated carbocycles. The summed E-state index contributed by atoms with van der Waals surface area (Å²) in [7, 11) is 1.91. The molecule has 1 rings (SSSR count). The molecule has 0 spiro atoms. The molecule has 1 fully saturated rings. The molecule has 15 heavy (non-hydrogen) atoms. The molecule has 0 bridgehead atoms. The Morgan fingerprint density at radius 1 is 1.47 bits per heavy atom. The van der Waals surface area contributed by atoms with Crippen LogP contribution >= 0.6 is 0 Å². The standard InChI is InChI=1S/C11H19N2O2/c1-7(2)12(5)10-6-13(11(10)15)8(3)9(4)14/h8,10H,6H2,1-5H3/q+1. The van der Waals surface area contributed by atoms with Gasteiger partial charge >= 0.3 is 0 Å². The molecule has 2 unspecified atom stereocenters. The van der Waals surface area contributed by atoms with E-state index in [-0.39, 0.29) is 23.8 Å². The first-order valence-electron chi connectivity index (χ1n) is 5.20. The monoisotopic (exact) mass is 211 g/mol. The van der Waals surface area contributed by atoms with Gasteiger partial charge in [-0.2, -0.15) is 0 Å². The Kier molecular flexibility index (Phi) is 3.27. The number of carbonyl (C=O) groups is 2. The lowest BCUT2D eigenvalue weighted by Gasteiger charge is -2.38. The van der Waals surface area contributed by atoms with Crippen LogP contribution in [0.3, 0.4) is 0 Å². The van der Waals surface area contributed by atoms with Crippen molar-refractivity contribution in [3.05, 3.63) is 0 Å². The largest absolute Gasteiger partial charge is 0.320 e. The van der Waals surface area contributed by atoms with Crippen molar-refractivity contribution < 1.29 is 14.2 Å². The van der Waals surface area contributed by atoms with Crippen LogP contribution in [-0.2, 0) is 9.59 Å². The van der Waals surface area contributed by atoms with Crippen molar-refractivity contribution in [1.82, 2.24) is 4.90 Å². The molecule has 84 valence electrons. The van der Waals surface area contributed by atoms with Crippen LogP contribution in [0.15, 0.2) is 0 Å². The summed E-state index contributed by atoms with van der Waals surface area (Å²) in [5, 5.41) is 0. The van der Waals surface area contributed by atoms with Crippen LogP contribution in [0.2, 0.25) is 0 Å². The highest BCUT2D eigenvalue weighted by Crippen LogP contribution is 2.17. The number of Topliss-reactive ketones (excluding diaryl/α,β-unsaturated/α-hetero) is 1. The zero-order valence-corrected chi connectivity index (χ0v) is 10.1. The van der Waals surface area contributed by atoms with Gasteiger partial charge in [0.1, 0.15) is 12.8 Å². The van der Waals surface area contributed by atoms with Crippen LogP contribution in [0.4, 0.5) is 0 Å². The second-order valence-electron chi connectivity index (χ2n) is 4.35. The van der Waals surface area contributed by atoms with Crippen LogP contribution in [0.1, 0.15) is 27.7 Å². The third-order valence-electron chi connectivity index (χ3n) is 3.17. The van der Waals surface area contributed by atoms with Gasteiger partial charge in [0.05, 0.1) is 12.6 Å². The van der Waals surface area contributed by atoms with E-state index in [1.165, 1.54) is 6.92 Å². The Labute approximate surface area is 90.6 Å². The topological polar surface area (TPSA) is 40.4 Å². The predicted molar refractivity (Wildman–Crippen MR) is 58.2 cm³/mol. The molecule has 4 nitrogen and oxygen atoms in total. The van der Waals surface area contributed by atoms with Crippen molar-refractivity contribution >= 4 is 17.4 Å². The fourth-order valence-corrected chi connectivity index (χ4v) is 1.60. The van der Waals surface area contributed by atoms with Gasteiger partial charge < -0.3 is 4.90 Å². The molecule has 0 aliphatic carbocycles. The molecule has 0 aromatic heterocycles. The number of carbonyl (C=O) groups excluding carboxylic acids is 2. The number of nitrogens with zero attached hydrogens (tertiary/aromatic N) is 2. The van der Waals surface area contributed by atoms with E-state index < -0.39 is 0 Å². The Balaban J connectivity index is 2.68.